The summed E-state index contributed by atoms with van der Waals surface area (Å²) in [6.07, 6.45) is 2.51. The molecule has 1 aliphatic heterocycles. The van der Waals surface area contributed by atoms with E-state index in [2.05, 4.69) is 14.9 Å². The molecule has 0 unspecified atom stereocenters. The molecule has 0 spiro atoms. The molecule has 1 atom stereocenters. The van der Waals surface area contributed by atoms with Gasteiger partial charge in [-0.1, -0.05) is 41.0 Å². The lowest BCUT2D eigenvalue weighted by Crippen LogP contribution is -2.39. The first kappa shape index (κ1) is 21.9. The van der Waals surface area contributed by atoms with E-state index in [1.807, 2.05) is 24.3 Å². The fourth-order valence-corrected chi connectivity index (χ4v) is 6.04. The number of hydrogen-bond donors (Lipinski definition) is 1. The molecule has 1 aliphatic carbocycles. The number of carbonyl (C=O) groups is 1. The van der Waals surface area contributed by atoms with Crippen molar-refractivity contribution in [3.8, 4) is 5.75 Å². The van der Waals surface area contributed by atoms with Crippen LogP contribution in [0.15, 0.2) is 45.8 Å². The SMILES string of the molecule is Cc1nc(CN2C(=O)COc3cc(S(=O)(=O)N[C@@H]4CCCc5ccccc54)c(Cl)cc32)no1. The van der Waals surface area contributed by atoms with Gasteiger partial charge >= 0.3 is 0 Å². The number of nitrogens with zero attached hydrogens (tertiary/aromatic N) is 3. The molecule has 2 heterocycles. The van der Waals surface area contributed by atoms with Gasteiger partial charge in [-0.05, 0) is 36.5 Å². The Morgan fingerprint density at radius 2 is 2.09 bits per heavy atom. The zero-order valence-electron chi connectivity index (χ0n) is 17.7. The normalized spacial score (nSPS) is 17.9. The van der Waals surface area contributed by atoms with Gasteiger partial charge in [-0.2, -0.15) is 4.98 Å². The summed E-state index contributed by atoms with van der Waals surface area (Å²) in [5, 5.41) is 3.80. The van der Waals surface area contributed by atoms with Crippen LogP contribution >= 0.6 is 11.6 Å². The summed E-state index contributed by atoms with van der Waals surface area (Å²) in [5.74, 6) is 0.608. The lowest BCUT2D eigenvalue weighted by atomic mass is 9.88. The van der Waals surface area contributed by atoms with Crippen molar-refractivity contribution in [3.63, 3.8) is 0 Å². The second kappa shape index (κ2) is 8.44. The number of amides is 1. The fourth-order valence-electron chi connectivity index (χ4n) is 4.26. The van der Waals surface area contributed by atoms with Crippen molar-refractivity contribution >= 4 is 33.2 Å². The highest BCUT2D eigenvalue weighted by Crippen LogP contribution is 2.40. The molecule has 0 bridgehead atoms. The summed E-state index contributed by atoms with van der Waals surface area (Å²) < 4.78 is 39.9. The van der Waals surface area contributed by atoms with Crippen molar-refractivity contribution in [3.05, 3.63) is 64.3 Å². The molecule has 0 saturated carbocycles. The number of anilines is 1. The number of sulfonamides is 1. The maximum Gasteiger partial charge on any atom is 0.265 e. The average molecular weight is 489 g/mol. The zero-order valence-corrected chi connectivity index (χ0v) is 19.3. The molecule has 2 aliphatic rings. The monoisotopic (exact) mass is 488 g/mol. The lowest BCUT2D eigenvalue weighted by molar-refractivity contribution is -0.121. The Morgan fingerprint density at radius 3 is 2.88 bits per heavy atom. The summed E-state index contributed by atoms with van der Waals surface area (Å²) in [4.78, 5) is 17.9. The van der Waals surface area contributed by atoms with E-state index in [1.54, 1.807) is 6.92 Å². The Morgan fingerprint density at radius 1 is 1.27 bits per heavy atom. The number of halogens is 1. The maximum atomic E-state index is 13.3. The molecule has 1 aromatic heterocycles. The van der Waals surface area contributed by atoms with Crippen molar-refractivity contribution in [2.24, 2.45) is 0 Å². The van der Waals surface area contributed by atoms with E-state index < -0.39 is 10.0 Å². The van der Waals surface area contributed by atoms with Crippen molar-refractivity contribution in [1.82, 2.24) is 14.9 Å². The number of fused-ring (bicyclic) bond motifs is 2. The number of hydrogen-bond acceptors (Lipinski definition) is 7. The number of ether oxygens (including phenoxy) is 1. The van der Waals surface area contributed by atoms with Gasteiger partial charge in [0.05, 0.1) is 17.3 Å². The number of aryl methyl sites for hydroxylation is 2. The van der Waals surface area contributed by atoms with Gasteiger partial charge in [-0.25, -0.2) is 13.1 Å². The highest BCUT2D eigenvalue weighted by Gasteiger charge is 2.32. The molecule has 33 heavy (non-hydrogen) atoms. The van der Waals surface area contributed by atoms with Crippen LogP contribution < -0.4 is 14.4 Å². The van der Waals surface area contributed by atoms with Crippen molar-refractivity contribution in [2.75, 3.05) is 11.5 Å². The first-order chi connectivity index (χ1) is 15.8. The molecule has 5 rings (SSSR count). The van der Waals surface area contributed by atoms with E-state index >= 15 is 0 Å². The third-order valence-electron chi connectivity index (χ3n) is 5.78. The minimum Gasteiger partial charge on any atom is -0.482 e. The molecule has 1 N–H and O–H groups in total. The number of aromatic nitrogens is 2. The molecule has 172 valence electrons. The van der Waals surface area contributed by atoms with Crippen LogP contribution in [-0.4, -0.2) is 31.1 Å². The Hall–Kier alpha value is -2.95. The van der Waals surface area contributed by atoms with Crippen molar-refractivity contribution in [2.45, 2.75) is 43.7 Å². The van der Waals surface area contributed by atoms with Gasteiger partial charge in [-0.15, -0.1) is 0 Å². The van der Waals surface area contributed by atoms with Crippen LogP contribution in [0.1, 0.15) is 41.7 Å². The Labute approximate surface area is 195 Å². The van der Waals surface area contributed by atoms with Crippen LogP contribution in [0.25, 0.3) is 0 Å². The van der Waals surface area contributed by atoms with Gasteiger partial charge in [-0.3, -0.25) is 9.69 Å². The fraction of sp³-hybridized carbons (Fsp3) is 0.318. The molecule has 9 nitrogen and oxygen atoms in total. The maximum absolute atomic E-state index is 13.3. The topological polar surface area (TPSA) is 115 Å². The van der Waals surface area contributed by atoms with Crippen LogP contribution in [0.3, 0.4) is 0 Å². The smallest absolute Gasteiger partial charge is 0.265 e. The highest BCUT2D eigenvalue weighted by atomic mass is 35.5. The molecular formula is C22H21ClN4O5S. The number of carbonyl (C=O) groups excluding carboxylic acids is 1. The molecule has 2 aromatic carbocycles. The second-order valence-electron chi connectivity index (χ2n) is 8.01. The third kappa shape index (κ3) is 4.21. The van der Waals surface area contributed by atoms with Crippen LogP contribution in [-0.2, 0) is 27.8 Å². The van der Waals surface area contributed by atoms with Crippen LogP contribution in [0.2, 0.25) is 5.02 Å². The highest BCUT2D eigenvalue weighted by molar-refractivity contribution is 7.89. The molecule has 0 saturated heterocycles. The Kier molecular flexibility index (Phi) is 5.59. The molecular weight excluding hydrogens is 468 g/mol. The Balaban J connectivity index is 1.46. The standard InChI is InChI=1S/C22H21ClN4O5S/c1-13-24-21(25-32-13)11-27-18-9-16(23)20(10-19(18)31-12-22(27)28)33(29,30)26-17-8-4-6-14-5-2-3-7-15(14)17/h2-3,5,7,9-10,17,26H,4,6,8,11-12H2,1H3/t17-/m1/s1. The van der Waals surface area contributed by atoms with Crippen molar-refractivity contribution in [1.29, 1.82) is 0 Å². The second-order valence-corrected chi connectivity index (χ2v) is 10.1. The first-order valence-electron chi connectivity index (χ1n) is 10.5. The quantitative estimate of drug-likeness (QED) is 0.585. The first-order valence-corrected chi connectivity index (χ1v) is 12.3. The van der Waals surface area contributed by atoms with E-state index in [0.29, 0.717) is 23.8 Å². The van der Waals surface area contributed by atoms with Crippen LogP contribution in [0.5, 0.6) is 5.75 Å². The predicted octanol–water partition coefficient (Wildman–Crippen LogP) is 3.31. The van der Waals surface area contributed by atoms with Gasteiger partial charge in [0.25, 0.3) is 5.91 Å². The van der Waals surface area contributed by atoms with E-state index in [-0.39, 0.29) is 40.8 Å². The minimum atomic E-state index is -3.96. The summed E-state index contributed by atoms with van der Waals surface area (Å²) in [6, 6.07) is 10.3. The largest absolute Gasteiger partial charge is 0.482 e. The van der Waals surface area contributed by atoms with Crippen molar-refractivity contribution < 1.29 is 22.5 Å². The summed E-state index contributed by atoms with van der Waals surface area (Å²) in [6.45, 7) is 1.46. The molecule has 1 amide bonds. The van der Waals surface area contributed by atoms with Gasteiger partial charge < -0.3 is 9.26 Å². The number of nitrogens with one attached hydrogen (secondary N) is 1. The number of rotatable bonds is 5. The van der Waals surface area contributed by atoms with Gasteiger partial charge in [0.2, 0.25) is 15.9 Å². The molecule has 0 fully saturated rings. The van der Waals surface area contributed by atoms with E-state index in [9.17, 15) is 13.2 Å². The third-order valence-corrected chi connectivity index (χ3v) is 7.72. The Bertz CT molecular complexity index is 1340. The van der Waals surface area contributed by atoms with Crippen LogP contribution in [0, 0.1) is 6.92 Å². The van der Waals surface area contributed by atoms with E-state index in [0.717, 1.165) is 24.0 Å². The molecule has 11 heteroatoms. The summed E-state index contributed by atoms with van der Waals surface area (Å²) >= 11 is 6.42. The lowest BCUT2D eigenvalue weighted by Gasteiger charge is -2.30. The van der Waals surface area contributed by atoms with Gasteiger partial charge in [0.15, 0.2) is 12.4 Å². The predicted molar refractivity (Wildman–Crippen MR) is 120 cm³/mol. The van der Waals surface area contributed by atoms with E-state index in [1.165, 1.54) is 17.0 Å². The van der Waals surface area contributed by atoms with Crippen LogP contribution in [0.4, 0.5) is 5.69 Å². The summed E-state index contributed by atoms with van der Waals surface area (Å²) in [5.41, 5.74) is 2.47. The minimum absolute atomic E-state index is 0.0158. The van der Waals surface area contributed by atoms with Gasteiger partial charge in [0, 0.05) is 19.0 Å². The average Bonchev–Trinajstić information content (AvgIpc) is 3.20. The summed E-state index contributed by atoms with van der Waals surface area (Å²) in [7, 11) is -3.96. The van der Waals surface area contributed by atoms with E-state index in [4.69, 9.17) is 20.9 Å². The van der Waals surface area contributed by atoms with Gasteiger partial charge in [0.1, 0.15) is 10.6 Å². The number of benzene rings is 2. The molecule has 3 aromatic rings. The molecule has 0 radical (unpaired) electrons. The zero-order chi connectivity index (χ0) is 23.2.